The molecule has 2 N–H and O–H groups in total. The molecule has 0 aliphatic carbocycles. The van der Waals surface area contributed by atoms with E-state index in [1.165, 1.54) is 0 Å². The molecule has 2 rings (SSSR count). The van der Waals surface area contributed by atoms with E-state index < -0.39 is 0 Å². The van der Waals surface area contributed by atoms with Crippen molar-refractivity contribution in [2.24, 2.45) is 0 Å². The summed E-state index contributed by atoms with van der Waals surface area (Å²) >= 11 is 0. The van der Waals surface area contributed by atoms with Gasteiger partial charge >= 0.3 is 0 Å². The zero-order chi connectivity index (χ0) is 12.1. The molecule has 0 fully saturated rings. The van der Waals surface area contributed by atoms with Gasteiger partial charge in [-0.25, -0.2) is 4.68 Å². The van der Waals surface area contributed by atoms with Crippen LogP contribution >= 0.6 is 0 Å². The maximum atomic E-state index is 9.45. The first-order valence-corrected chi connectivity index (χ1v) is 5.65. The minimum absolute atomic E-state index is 0.235. The fraction of sp³-hybridized carbons (Fsp3) is 0.333. The molecule has 17 heavy (non-hydrogen) atoms. The third-order valence-corrected chi connectivity index (χ3v) is 2.55. The van der Waals surface area contributed by atoms with Crippen LogP contribution in [0.5, 0.6) is 5.75 Å². The summed E-state index contributed by atoms with van der Waals surface area (Å²) in [6.45, 7) is 0.964. The molecule has 1 aromatic carbocycles. The van der Waals surface area contributed by atoms with Crippen molar-refractivity contribution >= 4 is 0 Å². The lowest BCUT2D eigenvalue weighted by Gasteiger charge is -2.06. The van der Waals surface area contributed by atoms with Crippen LogP contribution in [0.4, 0.5) is 0 Å². The molecular weight excluding hydrogens is 216 g/mol. The molecule has 0 aliphatic rings. The third-order valence-electron chi connectivity index (χ3n) is 2.55. The summed E-state index contributed by atoms with van der Waals surface area (Å²) in [5.41, 5.74) is 1.88. The number of nitrogens with zero attached hydrogens (tertiary/aromatic N) is 3. The Morgan fingerprint density at radius 3 is 3.06 bits per heavy atom. The van der Waals surface area contributed by atoms with Gasteiger partial charge in [0.25, 0.3) is 0 Å². The molecule has 2 aromatic rings. The van der Waals surface area contributed by atoms with Gasteiger partial charge < -0.3 is 10.4 Å². The average Bonchev–Trinajstić information content (AvgIpc) is 2.78. The number of benzene rings is 1. The van der Waals surface area contributed by atoms with Crippen LogP contribution in [0.15, 0.2) is 30.5 Å². The predicted molar refractivity (Wildman–Crippen MR) is 65.3 cm³/mol. The van der Waals surface area contributed by atoms with E-state index in [2.05, 4.69) is 15.6 Å². The molecule has 0 spiro atoms. The van der Waals surface area contributed by atoms with E-state index >= 15 is 0 Å². The maximum Gasteiger partial charge on any atom is 0.117 e. The monoisotopic (exact) mass is 232 g/mol. The van der Waals surface area contributed by atoms with Crippen LogP contribution in [0, 0.1) is 0 Å². The Bertz CT molecular complexity index is 481. The third kappa shape index (κ3) is 2.82. The van der Waals surface area contributed by atoms with Crippen molar-refractivity contribution < 1.29 is 5.11 Å². The summed E-state index contributed by atoms with van der Waals surface area (Å²) in [5.74, 6) is 0.235. The Kier molecular flexibility index (Phi) is 3.72. The Balaban J connectivity index is 2.18. The van der Waals surface area contributed by atoms with Crippen molar-refractivity contribution in [2.75, 3.05) is 13.6 Å². The smallest absolute Gasteiger partial charge is 0.117 e. The lowest BCUT2D eigenvalue weighted by molar-refractivity contribution is 0.474. The summed E-state index contributed by atoms with van der Waals surface area (Å²) in [6, 6.07) is 7.01. The number of phenolic OH excluding ortho intramolecular Hbond substituents is 1. The molecule has 0 atom stereocenters. The molecule has 0 radical (unpaired) electrons. The molecule has 90 valence electrons. The van der Waals surface area contributed by atoms with E-state index in [1.54, 1.807) is 29.1 Å². The predicted octanol–water partition coefficient (Wildman–Crippen LogP) is 1.12. The summed E-state index contributed by atoms with van der Waals surface area (Å²) < 4.78 is 1.76. The standard InChI is InChI=1S/C12H16N4O/c1-13-7-3-5-11-9-14-15-16(11)10-4-2-6-12(17)8-10/h2,4,6,8-9,13,17H,3,5,7H2,1H3. The maximum absolute atomic E-state index is 9.45. The highest BCUT2D eigenvalue weighted by atomic mass is 16.3. The Morgan fingerprint density at radius 2 is 2.29 bits per heavy atom. The SMILES string of the molecule is CNCCCc1cnnn1-c1cccc(O)c1. The summed E-state index contributed by atoms with van der Waals surface area (Å²) in [6.07, 6.45) is 3.70. The van der Waals surface area contributed by atoms with E-state index in [4.69, 9.17) is 0 Å². The summed E-state index contributed by atoms with van der Waals surface area (Å²) in [5, 5.41) is 20.5. The van der Waals surface area contributed by atoms with Crippen LogP contribution in [-0.2, 0) is 6.42 Å². The molecule has 1 heterocycles. The van der Waals surface area contributed by atoms with Crippen molar-refractivity contribution in [2.45, 2.75) is 12.8 Å². The molecule has 0 amide bonds. The van der Waals surface area contributed by atoms with Crippen LogP contribution in [0.3, 0.4) is 0 Å². The van der Waals surface area contributed by atoms with E-state index in [9.17, 15) is 5.11 Å². The zero-order valence-corrected chi connectivity index (χ0v) is 9.80. The highest BCUT2D eigenvalue weighted by Gasteiger charge is 2.06. The van der Waals surface area contributed by atoms with Gasteiger partial charge in [-0.1, -0.05) is 11.3 Å². The molecular formula is C12H16N4O. The summed E-state index contributed by atoms with van der Waals surface area (Å²) in [4.78, 5) is 0. The molecule has 5 heteroatoms. The van der Waals surface area contributed by atoms with Crippen molar-refractivity contribution in [3.05, 3.63) is 36.2 Å². The van der Waals surface area contributed by atoms with Gasteiger partial charge in [-0.2, -0.15) is 0 Å². The molecule has 0 unspecified atom stereocenters. The number of hydrogen-bond acceptors (Lipinski definition) is 4. The van der Waals surface area contributed by atoms with Crippen LogP contribution in [0.25, 0.3) is 5.69 Å². The first-order chi connectivity index (χ1) is 8.31. The van der Waals surface area contributed by atoms with Gasteiger partial charge in [0.15, 0.2) is 0 Å². The number of aromatic nitrogens is 3. The van der Waals surface area contributed by atoms with E-state index in [1.807, 2.05) is 13.1 Å². The number of rotatable bonds is 5. The fourth-order valence-electron chi connectivity index (χ4n) is 1.72. The highest BCUT2D eigenvalue weighted by molar-refractivity contribution is 5.38. The minimum atomic E-state index is 0.235. The normalized spacial score (nSPS) is 10.6. The Morgan fingerprint density at radius 1 is 1.41 bits per heavy atom. The van der Waals surface area contributed by atoms with Gasteiger partial charge in [-0.3, -0.25) is 0 Å². The van der Waals surface area contributed by atoms with Crippen LogP contribution in [0.1, 0.15) is 12.1 Å². The van der Waals surface area contributed by atoms with Crippen molar-refractivity contribution in [1.29, 1.82) is 0 Å². The van der Waals surface area contributed by atoms with Crippen LogP contribution in [-0.4, -0.2) is 33.7 Å². The first-order valence-electron chi connectivity index (χ1n) is 5.65. The first kappa shape index (κ1) is 11.6. The average molecular weight is 232 g/mol. The lowest BCUT2D eigenvalue weighted by atomic mass is 10.2. The Labute approximate surface area is 100 Å². The van der Waals surface area contributed by atoms with Crippen molar-refractivity contribution in [3.63, 3.8) is 0 Å². The second-order valence-corrected chi connectivity index (χ2v) is 3.86. The molecule has 0 bridgehead atoms. The van der Waals surface area contributed by atoms with E-state index in [0.717, 1.165) is 30.8 Å². The topological polar surface area (TPSA) is 63.0 Å². The van der Waals surface area contributed by atoms with Gasteiger partial charge in [0.2, 0.25) is 0 Å². The molecule has 0 aliphatic heterocycles. The number of hydrogen-bond donors (Lipinski definition) is 2. The Hall–Kier alpha value is -1.88. The minimum Gasteiger partial charge on any atom is -0.508 e. The number of phenols is 1. The molecule has 1 aromatic heterocycles. The van der Waals surface area contributed by atoms with Gasteiger partial charge in [0.05, 0.1) is 17.6 Å². The number of nitrogens with one attached hydrogen (secondary N) is 1. The van der Waals surface area contributed by atoms with E-state index in [-0.39, 0.29) is 5.75 Å². The zero-order valence-electron chi connectivity index (χ0n) is 9.80. The van der Waals surface area contributed by atoms with Crippen LogP contribution < -0.4 is 5.32 Å². The quantitative estimate of drug-likeness (QED) is 0.758. The lowest BCUT2D eigenvalue weighted by Crippen LogP contribution is -2.10. The largest absolute Gasteiger partial charge is 0.508 e. The van der Waals surface area contributed by atoms with E-state index in [0.29, 0.717) is 0 Å². The van der Waals surface area contributed by atoms with Gasteiger partial charge in [-0.15, -0.1) is 5.10 Å². The molecule has 0 saturated carbocycles. The molecule has 5 nitrogen and oxygen atoms in total. The van der Waals surface area contributed by atoms with Crippen molar-refractivity contribution in [1.82, 2.24) is 20.3 Å². The second kappa shape index (κ2) is 5.45. The molecule has 0 saturated heterocycles. The van der Waals surface area contributed by atoms with Gasteiger partial charge in [0, 0.05) is 6.07 Å². The fourth-order valence-corrected chi connectivity index (χ4v) is 1.72. The second-order valence-electron chi connectivity index (χ2n) is 3.86. The van der Waals surface area contributed by atoms with Crippen molar-refractivity contribution in [3.8, 4) is 11.4 Å². The van der Waals surface area contributed by atoms with Gasteiger partial charge in [0.1, 0.15) is 5.75 Å². The number of aryl methyl sites for hydroxylation is 1. The highest BCUT2D eigenvalue weighted by Crippen LogP contribution is 2.16. The van der Waals surface area contributed by atoms with Gasteiger partial charge in [-0.05, 0) is 38.6 Å². The van der Waals surface area contributed by atoms with Crippen LogP contribution in [0.2, 0.25) is 0 Å². The number of aromatic hydroxyl groups is 1. The summed E-state index contributed by atoms with van der Waals surface area (Å²) in [7, 11) is 1.94.